The van der Waals surface area contributed by atoms with Gasteiger partial charge in [0.2, 0.25) is 0 Å². The second-order valence-corrected chi connectivity index (χ2v) is 3.57. The minimum absolute atomic E-state index is 0.100. The van der Waals surface area contributed by atoms with Crippen LogP contribution in [0, 0.1) is 0 Å². The zero-order valence-corrected chi connectivity index (χ0v) is 9.93. The van der Waals surface area contributed by atoms with E-state index in [0.29, 0.717) is 5.75 Å². The second-order valence-electron chi connectivity index (χ2n) is 3.16. The molecular weight excluding hydrogens is 275 g/mol. The standard InChI is InChI=1S/C10H9ClF3NO3/c1-17-6-2-3-7(11)8(4-6)15-9(16)18-5-10(12,13)14/h2-4H,5H2,1H3,(H,15,16). The van der Waals surface area contributed by atoms with E-state index in [2.05, 4.69) is 10.1 Å². The van der Waals surface area contributed by atoms with E-state index in [1.54, 1.807) is 0 Å². The number of alkyl halides is 3. The van der Waals surface area contributed by atoms with Crippen LogP contribution in [0.3, 0.4) is 0 Å². The molecule has 0 atom stereocenters. The Kier molecular flexibility index (Phi) is 4.66. The van der Waals surface area contributed by atoms with Gasteiger partial charge in [-0.3, -0.25) is 5.32 Å². The van der Waals surface area contributed by atoms with Crippen molar-refractivity contribution in [3.8, 4) is 5.75 Å². The summed E-state index contributed by atoms with van der Waals surface area (Å²) in [5, 5.41) is 2.24. The number of rotatable bonds is 3. The normalized spacial score (nSPS) is 10.9. The van der Waals surface area contributed by atoms with Crippen LogP contribution in [-0.2, 0) is 4.74 Å². The maximum Gasteiger partial charge on any atom is 0.422 e. The number of hydrogen-bond acceptors (Lipinski definition) is 3. The van der Waals surface area contributed by atoms with Crippen LogP contribution in [0.2, 0.25) is 5.02 Å². The van der Waals surface area contributed by atoms with Gasteiger partial charge in [0.1, 0.15) is 5.75 Å². The lowest BCUT2D eigenvalue weighted by Crippen LogP contribution is -2.23. The molecule has 0 aliphatic heterocycles. The minimum Gasteiger partial charge on any atom is -0.497 e. The van der Waals surface area contributed by atoms with Gasteiger partial charge in [-0.2, -0.15) is 13.2 Å². The van der Waals surface area contributed by atoms with E-state index < -0.39 is 18.9 Å². The van der Waals surface area contributed by atoms with Crippen molar-refractivity contribution >= 4 is 23.4 Å². The van der Waals surface area contributed by atoms with Crippen LogP contribution in [0.5, 0.6) is 5.75 Å². The van der Waals surface area contributed by atoms with Crippen LogP contribution in [-0.4, -0.2) is 26.0 Å². The van der Waals surface area contributed by atoms with E-state index in [1.807, 2.05) is 0 Å². The van der Waals surface area contributed by atoms with Crippen LogP contribution in [0.15, 0.2) is 18.2 Å². The monoisotopic (exact) mass is 283 g/mol. The Morgan fingerprint density at radius 1 is 1.44 bits per heavy atom. The number of ether oxygens (including phenoxy) is 2. The average Bonchev–Trinajstić information content (AvgIpc) is 2.28. The van der Waals surface area contributed by atoms with Crippen molar-refractivity contribution in [3.63, 3.8) is 0 Å². The van der Waals surface area contributed by atoms with Crippen LogP contribution in [0.1, 0.15) is 0 Å². The molecule has 1 aromatic carbocycles. The fourth-order valence-electron chi connectivity index (χ4n) is 1.02. The van der Waals surface area contributed by atoms with Gasteiger partial charge in [-0.05, 0) is 12.1 Å². The smallest absolute Gasteiger partial charge is 0.422 e. The van der Waals surface area contributed by atoms with E-state index in [1.165, 1.54) is 25.3 Å². The van der Waals surface area contributed by atoms with E-state index in [9.17, 15) is 18.0 Å². The highest BCUT2D eigenvalue weighted by Crippen LogP contribution is 2.26. The molecule has 1 amide bonds. The van der Waals surface area contributed by atoms with Gasteiger partial charge in [-0.1, -0.05) is 11.6 Å². The largest absolute Gasteiger partial charge is 0.497 e. The summed E-state index contributed by atoms with van der Waals surface area (Å²) in [6.07, 6.45) is -5.82. The first-order valence-corrected chi connectivity index (χ1v) is 5.03. The molecule has 0 radical (unpaired) electrons. The fraction of sp³-hybridized carbons (Fsp3) is 0.300. The summed E-state index contributed by atoms with van der Waals surface area (Å²) in [6, 6.07) is 4.32. The summed E-state index contributed by atoms with van der Waals surface area (Å²) in [7, 11) is 1.40. The quantitative estimate of drug-likeness (QED) is 0.924. The van der Waals surface area contributed by atoms with Gasteiger partial charge in [0.05, 0.1) is 17.8 Å². The van der Waals surface area contributed by atoms with Crippen LogP contribution in [0.4, 0.5) is 23.7 Å². The lowest BCUT2D eigenvalue weighted by atomic mass is 10.3. The number of carbonyl (C=O) groups is 1. The van der Waals surface area contributed by atoms with Gasteiger partial charge in [0.15, 0.2) is 6.61 Å². The highest BCUT2D eigenvalue weighted by molar-refractivity contribution is 6.33. The molecule has 0 unspecified atom stereocenters. The van der Waals surface area contributed by atoms with Crippen molar-refractivity contribution in [2.45, 2.75) is 6.18 Å². The van der Waals surface area contributed by atoms with Crippen molar-refractivity contribution in [2.75, 3.05) is 19.0 Å². The molecular formula is C10H9ClF3NO3. The first-order chi connectivity index (χ1) is 8.31. The summed E-state index contributed by atoms with van der Waals surface area (Å²) in [5.74, 6) is 0.394. The summed E-state index contributed by atoms with van der Waals surface area (Å²) in [4.78, 5) is 11.1. The van der Waals surface area contributed by atoms with Crippen molar-refractivity contribution in [1.82, 2.24) is 0 Å². The fourth-order valence-corrected chi connectivity index (χ4v) is 1.19. The van der Waals surface area contributed by atoms with Crippen molar-refractivity contribution < 1.29 is 27.4 Å². The SMILES string of the molecule is COc1ccc(Cl)c(NC(=O)OCC(F)(F)F)c1. The first-order valence-electron chi connectivity index (χ1n) is 4.66. The van der Waals surface area contributed by atoms with E-state index in [0.717, 1.165) is 0 Å². The Labute approximate surface area is 106 Å². The third kappa shape index (κ3) is 4.70. The van der Waals surface area contributed by atoms with Crippen molar-refractivity contribution in [3.05, 3.63) is 23.2 Å². The molecule has 1 N–H and O–H groups in total. The molecule has 1 rings (SSSR count). The molecule has 8 heteroatoms. The van der Waals surface area contributed by atoms with Crippen LogP contribution in [0.25, 0.3) is 0 Å². The Morgan fingerprint density at radius 3 is 2.67 bits per heavy atom. The molecule has 100 valence electrons. The Bertz CT molecular complexity index is 437. The number of halogens is 4. The molecule has 4 nitrogen and oxygen atoms in total. The van der Waals surface area contributed by atoms with Gasteiger partial charge in [0.25, 0.3) is 0 Å². The number of carbonyl (C=O) groups excluding carboxylic acids is 1. The van der Waals surface area contributed by atoms with Gasteiger partial charge in [-0.15, -0.1) is 0 Å². The van der Waals surface area contributed by atoms with Gasteiger partial charge < -0.3 is 9.47 Å². The summed E-state index contributed by atoms with van der Waals surface area (Å²) in [5.41, 5.74) is 0.100. The molecule has 0 saturated carbocycles. The maximum absolute atomic E-state index is 11.8. The molecule has 0 saturated heterocycles. The van der Waals surface area contributed by atoms with E-state index in [4.69, 9.17) is 16.3 Å². The summed E-state index contributed by atoms with van der Waals surface area (Å²) in [6.45, 7) is -1.67. The second kappa shape index (κ2) is 5.81. The maximum atomic E-state index is 11.8. The molecule has 0 aromatic heterocycles. The lowest BCUT2D eigenvalue weighted by molar-refractivity contribution is -0.159. The number of amides is 1. The Balaban J connectivity index is 2.64. The highest BCUT2D eigenvalue weighted by Gasteiger charge is 2.29. The van der Waals surface area contributed by atoms with Gasteiger partial charge in [0, 0.05) is 6.07 Å². The Morgan fingerprint density at radius 2 is 2.11 bits per heavy atom. The predicted molar refractivity (Wildman–Crippen MR) is 59.0 cm³/mol. The lowest BCUT2D eigenvalue weighted by Gasteiger charge is -2.11. The average molecular weight is 284 g/mol. The molecule has 18 heavy (non-hydrogen) atoms. The zero-order valence-electron chi connectivity index (χ0n) is 9.18. The molecule has 0 aliphatic rings. The minimum atomic E-state index is -4.57. The highest BCUT2D eigenvalue weighted by atomic mass is 35.5. The number of hydrogen-bond donors (Lipinski definition) is 1. The number of methoxy groups -OCH3 is 1. The molecule has 1 aromatic rings. The molecule has 0 bridgehead atoms. The van der Waals surface area contributed by atoms with Gasteiger partial charge >= 0.3 is 12.3 Å². The third-order valence-electron chi connectivity index (χ3n) is 1.78. The Hall–Kier alpha value is -1.63. The number of nitrogens with one attached hydrogen (secondary N) is 1. The third-order valence-corrected chi connectivity index (χ3v) is 2.11. The van der Waals surface area contributed by atoms with E-state index >= 15 is 0 Å². The zero-order chi connectivity index (χ0) is 13.8. The van der Waals surface area contributed by atoms with Gasteiger partial charge in [-0.25, -0.2) is 4.79 Å². The number of anilines is 1. The molecule has 0 aliphatic carbocycles. The topological polar surface area (TPSA) is 47.6 Å². The van der Waals surface area contributed by atoms with Crippen LogP contribution < -0.4 is 10.1 Å². The molecule has 0 heterocycles. The summed E-state index contributed by atoms with van der Waals surface area (Å²) < 4.78 is 44.2. The molecule has 0 fully saturated rings. The van der Waals surface area contributed by atoms with Crippen LogP contribution >= 0.6 is 11.6 Å². The first kappa shape index (κ1) is 14.4. The predicted octanol–water partition coefficient (Wildman–Crippen LogP) is 3.46. The van der Waals surface area contributed by atoms with E-state index in [-0.39, 0.29) is 10.7 Å². The molecule has 0 spiro atoms. The number of benzene rings is 1. The summed E-state index contributed by atoms with van der Waals surface area (Å²) >= 11 is 5.74. The van der Waals surface area contributed by atoms with Crippen molar-refractivity contribution in [1.29, 1.82) is 0 Å². The van der Waals surface area contributed by atoms with Crippen molar-refractivity contribution in [2.24, 2.45) is 0 Å².